The second-order valence-electron chi connectivity index (χ2n) is 7.63. The zero-order chi connectivity index (χ0) is 20.8. The highest BCUT2D eigenvalue weighted by Crippen LogP contribution is 2.19. The van der Waals surface area contributed by atoms with Crippen molar-refractivity contribution in [3.8, 4) is 0 Å². The summed E-state index contributed by atoms with van der Waals surface area (Å²) in [5.74, 6) is -1.92. The van der Waals surface area contributed by atoms with Gasteiger partial charge in [0, 0.05) is 51.2 Å². The highest BCUT2D eigenvalue weighted by Gasteiger charge is 2.37. The standard InChI is InChI=1S/C18H28F3N3O3/c1-17(2,3)27-16(26)24-10-7-13(8-11-24)22-14(6-9-23(4)5)12-15(25)18(19,20)21/h6,9,12-13,22H,7-8,10-11H2,1-5H3/b9-6+,14-12-. The summed E-state index contributed by atoms with van der Waals surface area (Å²) in [6.45, 7) is 6.19. The summed E-state index contributed by atoms with van der Waals surface area (Å²) in [7, 11) is 3.44. The summed E-state index contributed by atoms with van der Waals surface area (Å²) < 4.78 is 43.0. The molecule has 0 aliphatic carbocycles. The van der Waals surface area contributed by atoms with Crippen molar-refractivity contribution in [2.24, 2.45) is 0 Å². The van der Waals surface area contributed by atoms with Crippen LogP contribution in [0.3, 0.4) is 0 Å². The van der Waals surface area contributed by atoms with Crippen LogP contribution in [0, 0.1) is 0 Å². The average molecular weight is 391 g/mol. The minimum atomic E-state index is -4.92. The number of amides is 1. The van der Waals surface area contributed by atoms with E-state index in [0.717, 1.165) is 0 Å². The molecular formula is C18H28F3N3O3. The van der Waals surface area contributed by atoms with E-state index >= 15 is 0 Å². The van der Waals surface area contributed by atoms with E-state index in [0.29, 0.717) is 32.0 Å². The molecule has 0 aromatic carbocycles. The SMILES string of the molecule is CN(C)/C=C/C(=C/C(=O)C(F)(F)F)NC1CCN(C(=O)OC(C)(C)C)CC1. The largest absolute Gasteiger partial charge is 0.454 e. The Bertz CT molecular complexity index is 585. The molecule has 1 aliphatic heterocycles. The number of ether oxygens (including phenoxy) is 1. The van der Waals surface area contributed by atoms with Crippen molar-refractivity contribution in [3.63, 3.8) is 0 Å². The number of hydrogen-bond donors (Lipinski definition) is 1. The molecule has 0 saturated carbocycles. The van der Waals surface area contributed by atoms with Crippen molar-refractivity contribution >= 4 is 11.9 Å². The van der Waals surface area contributed by atoms with E-state index in [9.17, 15) is 22.8 Å². The second kappa shape index (κ2) is 9.14. The van der Waals surface area contributed by atoms with Crippen molar-refractivity contribution < 1.29 is 27.5 Å². The first kappa shape index (κ1) is 22.9. The van der Waals surface area contributed by atoms with Crippen molar-refractivity contribution in [1.82, 2.24) is 15.1 Å². The molecule has 6 nitrogen and oxygen atoms in total. The van der Waals surface area contributed by atoms with E-state index in [4.69, 9.17) is 4.74 Å². The van der Waals surface area contributed by atoms with Crippen molar-refractivity contribution in [2.45, 2.75) is 51.4 Å². The van der Waals surface area contributed by atoms with Crippen molar-refractivity contribution in [2.75, 3.05) is 27.2 Å². The fourth-order valence-corrected chi connectivity index (χ4v) is 2.36. The van der Waals surface area contributed by atoms with Gasteiger partial charge in [0.15, 0.2) is 0 Å². The zero-order valence-electron chi connectivity index (χ0n) is 16.4. The van der Waals surface area contributed by atoms with Crippen LogP contribution in [0.15, 0.2) is 24.0 Å². The maximum atomic E-state index is 12.5. The third kappa shape index (κ3) is 8.83. The lowest BCUT2D eigenvalue weighted by Gasteiger charge is -2.34. The Balaban J connectivity index is 2.72. The Morgan fingerprint density at radius 1 is 1.15 bits per heavy atom. The number of carbonyl (C=O) groups is 2. The molecule has 1 aliphatic rings. The summed E-state index contributed by atoms with van der Waals surface area (Å²) in [5.41, 5.74) is -0.501. The average Bonchev–Trinajstić information content (AvgIpc) is 2.50. The van der Waals surface area contributed by atoms with Gasteiger partial charge < -0.3 is 19.9 Å². The van der Waals surface area contributed by atoms with Crippen LogP contribution in [0.25, 0.3) is 0 Å². The van der Waals surface area contributed by atoms with Crippen LogP contribution in [0.2, 0.25) is 0 Å². The monoisotopic (exact) mass is 391 g/mol. The Kier molecular flexibility index (Phi) is 7.74. The number of piperidine rings is 1. The number of ketones is 1. The summed E-state index contributed by atoms with van der Waals surface area (Å²) >= 11 is 0. The first-order valence-corrected chi connectivity index (χ1v) is 8.70. The molecule has 1 rings (SSSR count). The summed E-state index contributed by atoms with van der Waals surface area (Å²) in [6.07, 6.45) is -0.725. The Labute approximate surface area is 158 Å². The van der Waals surface area contributed by atoms with Gasteiger partial charge in [-0.3, -0.25) is 4.79 Å². The lowest BCUT2D eigenvalue weighted by molar-refractivity contribution is -0.165. The topological polar surface area (TPSA) is 61.9 Å². The van der Waals surface area contributed by atoms with Crippen LogP contribution in [-0.4, -0.2) is 66.7 Å². The maximum Gasteiger partial charge on any atom is 0.454 e. The number of rotatable bonds is 5. The molecule has 1 fully saturated rings. The fraction of sp³-hybridized carbons (Fsp3) is 0.667. The summed E-state index contributed by atoms with van der Waals surface area (Å²) in [6, 6.07) is -0.150. The van der Waals surface area contributed by atoms with E-state index < -0.39 is 23.7 Å². The third-order valence-corrected chi connectivity index (χ3v) is 3.64. The first-order chi connectivity index (χ1) is 12.3. The molecule has 0 radical (unpaired) electrons. The van der Waals surface area contributed by atoms with Gasteiger partial charge in [0.1, 0.15) is 5.60 Å². The third-order valence-electron chi connectivity index (χ3n) is 3.64. The number of likely N-dealkylation sites (tertiary alicyclic amines) is 1. The Morgan fingerprint density at radius 2 is 1.70 bits per heavy atom. The molecule has 0 spiro atoms. The molecule has 154 valence electrons. The predicted octanol–water partition coefficient (Wildman–Crippen LogP) is 3.07. The van der Waals surface area contributed by atoms with Gasteiger partial charge in [-0.15, -0.1) is 0 Å². The van der Waals surface area contributed by atoms with Gasteiger partial charge in [-0.25, -0.2) is 4.79 Å². The number of nitrogens with one attached hydrogen (secondary N) is 1. The van der Waals surface area contributed by atoms with Gasteiger partial charge in [0.05, 0.1) is 0 Å². The van der Waals surface area contributed by atoms with Gasteiger partial charge >= 0.3 is 12.3 Å². The fourth-order valence-electron chi connectivity index (χ4n) is 2.36. The molecule has 0 aromatic rings. The zero-order valence-corrected chi connectivity index (χ0v) is 16.4. The summed E-state index contributed by atoms with van der Waals surface area (Å²) in [5, 5.41) is 2.97. The summed E-state index contributed by atoms with van der Waals surface area (Å²) in [4.78, 5) is 26.6. The Hall–Kier alpha value is -2.19. The molecule has 1 amide bonds. The van der Waals surface area contributed by atoms with Gasteiger partial charge in [-0.1, -0.05) is 0 Å². The lowest BCUT2D eigenvalue weighted by atomic mass is 10.0. The molecule has 27 heavy (non-hydrogen) atoms. The molecule has 1 heterocycles. The minimum absolute atomic E-state index is 0.0849. The molecule has 1 N–H and O–H groups in total. The van der Waals surface area contributed by atoms with E-state index in [1.807, 2.05) is 0 Å². The molecule has 1 saturated heterocycles. The van der Waals surface area contributed by atoms with E-state index in [1.165, 1.54) is 6.08 Å². The second-order valence-corrected chi connectivity index (χ2v) is 7.63. The predicted molar refractivity (Wildman–Crippen MR) is 95.9 cm³/mol. The van der Waals surface area contributed by atoms with Crippen LogP contribution < -0.4 is 5.32 Å². The maximum absolute atomic E-state index is 12.5. The number of nitrogens with zero attached hydrogens (tertiary/aromatic N) is 2. The van der Waals surface area contributed by atoms with Crippen LogP contribution in [0.1, 0.15) is 33.6 Å². The number of halogens is 3. The van der Waals surface area contributed by atoms with Crippen LogP contribution in [0.5, 0.6) is 0 Å². The molecule has 9 heteroatoms. The molecule has 0 atom stereocenters. The Morgan fingerprint density at radius 3 is 2.15 bits per heavy atom. The van der Waals surface area contributed by atoms with Crippen molar-refractivity contribution in [1.29, 1.82) is 0 Å². The van der Waals surface area contributed by atoms with Gasteiger partial charge in [-0.05, 0) is 39.7 Å². The highest BCUT2D eigenvalue weighted by molar-refractivity contribution is 5.95. The van der Waals surface area contributed by atoms with E-state index in [-0.39, 0.29) is 11.7 Å². The number of carbonyl (C=O) groups excluding carboxylic acids is 2. The van der Waals surface area contributed by atoms with Crippen LogP contribution >= 0.6 is 0 Å². The smallest absolute Gasteiger partial charge is 0.444 e. The molecular weight excluding hydrogens is 363 g/mol. The minimum Gasteiger partial charge on any atom is -0.444 e. The highest BCUT2D eigenvalue weighted by atomic mass is 19.4. The molecule has 0 unspecified atom stereocenters. The number of alkyl halides is 3. The number of allylic oxidation sites excluding steroid dienone is 2. The molecule has 0 aromatic heterocycles. The van der Waals surface area contributed by atoms with E-state index in [2.05, 4.69) is 5.32 Å². The molecule has 0 bridgehead atoms. The quantitative estimate of drug-likeness (QED) is 0.577. The van der Waals surface area contributed by atoms with Gasteiger partial charge in [-0.2, -0.15) is 13.2 Å². The van der Waals surface area contributed by atoms with Crippen LogP contribution in [0.4, 0.5) is 18.0 Å². The normalized spacial score (nSPS) is 17.2. The van der Waals surface area contributed by atoms with Crippen molar-refractivity contribution in [3.05, 3.63) is 24.0 Å². The number of hydrogen-bond acceptors (Lipinski definition) is 5. The van der Waals surface area contributed by atoms with E-state index in [1.54, 1.807) is 50.9 Å². The first-order valence-electron chi connectivity index (χ1n) is 8.70. The lowest BCUT2D eigenvalue weighted by Crippen LogP contribution is -2.46. The van der Waals surface area contributed by atoms with Gasteiger partial charge in [0.2, 0.25) is 0 Å². The van der Waals surface area contributed by atoms with Gasteiger partial charge in [0.25, 0.3) is 5.78 Å². The van der Waals surface area contributed by atoms with Crippen LogP contribution in [-0.2, 0) is 9.53 Å².